The molecule has 2 aliphatic rings. The number of hydrogen-bond acceptors (Lipinski definition) is 4. The van der Waals surface area contributed by atoms with Gasteiger partial charge in [-0.1, -0.05) is 12.1 Å². The van der Waals surface area contributed by atoms with Gasteiger partial charge in [-0.2, -0.15) is 5.10 Å². The van der Waals surface area contributed by atoms with Gasteiger partial charge in [-0.15, -0.1) is 0 Å². The fourth-order valence-electron chi connectivity index (χ4n) is 4.37. The van der Waals surface area contributed by atoms with Gasteiger partial charge in [0, 0.05) is 41.0 Å². The molecule has 0 spiro atoms. The number of nitrogens with one attached hydrogen (secondary N) is 2. The van der Waals surface area contributed by atoms with Crippen LogP contribution in [-0.4, -0.2) is 46.6 Å². The Kier molecular flexibility index (Phi) is 5.39. The molecule has 0 bridgehead atoms. The minimum atomic E-state index is -0.0456. The van der Waals surface area contributed by atoms with Crippen molar-refractivity contribution in [3.63, 3.8) is 0 Å². The van der Waals surface area contributed by atoms with Crippen molar-refractivity contribution in [3.8, 4) is 16.9 Å². The number of aromatic nitrogens is 2. The van der Waals surface area contributed by atoms with Crippen LogP contribution < -0.4 is 10.1 Å². The lowest BCUT2D eigenvalue weighted by molar-refractivity contribution is 0.0735. The van der Waals surface area contributed by atoms with Crippen LogP contribution in [0.3, 0.4) is 0 Å². The van der Waals surface area contributed by atoms with Crippen molar-refractivity contribution in [3.05, 3.63) is 71.5 Å². The van der Waals surface area contributed by atoms with Gasteiger partial charge in [-0.05, 0) is 61.6 Å². The zero-order valence-electron chi connectivity index (χ0n) is 18.0. The normalized spacial score (nSPS) is 17.9. The Morgan fingerprint density at radius 1 is 1.12 bits per heavy atom. The number of benzene rings is 2. The monoisotopic (exact) mass is 430 g/mol. The molecule has 0 unspecified atom stereocenters. The maximum atomic E-state index is 13.4. The van der Waals surface area contributed by atoms with E-state index in [1.807, 2.05) is 41.3 Å². The molecule has 1 aromatic heterocycles. The van der Waals surface area contributed by atoms with Gasteiger partial charge < -0.3 is 15.0 Å². The first-order valence-corrected chi connectivity index (χ1v) is 11.0. The zero-order valence-corrected chi connectivity index (χ0v) is 18.0. The number of nitrogens with zero attached hydrogens (tertiary/aromatic N) is 2. The predicted octanol–water partition coefficient (Wildman–Crippen LogP) is 3.95. The molecule has 7 heteroatoms. The highest BCUT2D eigenvalue weighted by Crippen LogP contribution is 2.36. The number of methoxy groups -OCH3 is 1. The molecule has 1 aliphatic carbocycles. The van der Waals surface area contributed by atoms with E-state index in [0.29, 0.717) is 29.5 Å². The summed E-state index contributed by atoms with van der Waals surface area (Å²) >= 11 is 0. The van der Waals surface area contributed by atoms with Crippen LogP contribution >= 0.6 is 0 Å². The molecule has 1 saturated carbocycles. The third kappa shape index (κ3) is 3.98. The number of ether oxygens (including phenoxy) is 1. The van der Waals surface area contributed by atoms with E-state index in [1.54, 1.807) is 25.6 Å². The fraction of sp³-hybridized carbons (Fsp3) is 0.320. The van der Waals surface area contributed by atoms with Crippen LogP contribution in [0, 0.1) is 0 Å². The molecule has 2 N–H and O–H groups in total. The van der Waals surface area contributed by atoms with Gasteiger partial charge in [0.1, 0.15) is 5.75 Å². The largest absolute Gasteiger partial charge is 0.496 e. The second-order valence-electron chi connectivity index (χ2n) is 8.43. The van der Waals surface area contributed by atoms with Crippen LogP contribution in [-0.2, 0) is 0 Å². The number of amides is 2. The molecule has 3 aromatic rings. The van der Waals surface area contributed by atoms with Gasteiger partial charge in [0.2, 0.25) is 0 Å². The van der Waals surface area contributed by atoms with Gasteiger partial charge in [0.15, 0.2) is 0 Å². The zero-order chi connectivity index (χ0) is 22.1. The smallest absolute Gasteiger partial charge is 0.254 e. The van der Waals surface area contributed by atoms with E-state index in [0.717, 1.165) is 42.4 Å². The fourth-order valence-corrected chi connectivity index (χ4v) is 4.37. The maximum Gasteiger partial charge on any atom is 0.254 e. The van der Waals surface area contributed by atoms with Crippen LogP contribution in [0.4, 0.5) is 0 Å². The summed E-state index contributed by atoms with van der Waals surface area (Å²) < 4.78 is 5.56. The molecule has 164 valence electrons. The number of carbonyl (C=O) groups is 2. The summed E-state index contributed by atoms with van der Waals surface area (Å²) in [7, 11) is 1.60. The van der Waals surface area contributed by atoms with Crippen molar-refractivity contribution in [2.45, 2.75) is 37.8 Å². The Labute approximate surface area is 186 Å². The third-order valence-corrected chi connectivity index (χ3v) is 6.22. The summed E-state index contributed by atoms with van der Waals surface area (Å²) in [5.41, 5.74) is 4.02. The predicted molar refractivity (Wildman–Crippen MR) is 121 cm³/mol. The molecular formula is C25H26N4O3. The van der Waals surface area contributed by atoms with E-state index in [2.05, 4.69) is 15.5 Å². The molecular weight excluding hydrogens is 404 g/mol. The number of rotatable bonds is 6. The molecule has 2 fully saturated rings. The van der Waals surface area contributed by atoms with Crippen LogP contribution in [0.2, 0.25) is 0 Å². The first-order valence-electron chi connectivity index (χ1n) is 11.0. The SMILES string of the molecule is COc1cc(C(=O)N2CCC[C@@H]2c2cccc(C(=O)NC3CC3)c2)ccc1-c1cn[nH]c1. The summed E-state index contributed by atoms with van der Waals surface area (Å²) in [6, 6.07) is 13.5. The standard InChI is InChI=1S/C25H26N4O3/c1-32-23-13-18(7-10-21(23)19-14-26-27-15-19)25(31)29-11-3-6-22(29)16-4-2-5-17(12-16)24(30)28-20-8-9-20/h2,4-5,7,10,12-15,20,22H,3,6,8-9,11H2,1H3,(H,26,27)(H,28,30)/t22-/m1/s1. The minimum Gasteiger partial charge on any atom is -0.496 e. The Morgan fingerprint density at radius 2 is 2.00 bits per heavy atom. The van der Waals surface area contributed by atoms with Crippen molar-refractivity contribution in [1.29, 1.82) is 0 Å². The molecule has 2 aromatic carbocycles. The quantitative estimate of drug-likeness (QED) is 0.620. The van der Waals surface area contributed by atoms with Gasteiger partial charge in [0.05, 0.1) is 19.3 Å². The van der Waals surface area contributed by atoms with Gasteiger partial charge in [-0.25, -0.2) is 0 Å². The van der Waals surface area contributed by atoms with E-state index in [4.69, 9.17) is 4.74 Å². The minimum absolute atomic E-state index is 0.0302. The Balaban J connectivity index is 1.39. The van der Waals surface area contributed by atoms with Crippen LogP contribution in [0.5, 0.6) is 5.75 Å². The lowest BCUT2D eigenvalue weighted by atomic mass is 10.0. The van der Waals surface area contributed by atoms with Gasteiger partial charge >= 0.3 is 0 Å². The van der Waals surface area contributed by atoms with E-state index in [1.165, 1.54) is 0 Å². The van der Waals surface area contributed by atoms with Crippen molar-refractivity contribution in [1.82, 2.24) is 20.4 Å². The molecule has 0 radical (unpaired) electrons. The highest BCUT2D eigenvalue weighted by atomic mass is 16.5. The number of aromatic amines is 1. The summed E-state index contributed by atoms with van der Waals surface area (Å²) in [5, 5.41) is 9.83. The van der Waals surface area contributed by atoms with E-state index < -0.39 is 0 Å². The lowest BCUT2D eigenvalue weighted by Crippen LogP contribution is -2.31. The Hall–Kier alpha value is -3.61. The third-order valence-electron chi connectivity index (χ3n) is 6.22. The first-order chi connectivity index (χ1) is 15.6. The summed E-state index contributed by atoms with van der Waals surface area (Å²) in [6.45, 7) is 0.688. The van der Waals surface area contributed by atoms with Crippen molar-refractivity contribution < 1.29 is 14.3 Å². The second-order valence-corrected chi connectivity index (χ2v) is 8.43. The molecule has 2 amide bonds. The number of H-pyrrole nitrogens is 1. The average Bonchev–Trinajstić information content (AvgIpc) is 3.28. The lowest BCUT2D eigenvalue weighted by Gasteiger charge is -2.26. The van der Waals surface area contributed by atoms with Crippen molar-refractivity contribution in [2.75, 3.05) is 13.7 Å². The number of hydrogen-bond donors (Lipinski definition) is 2. The average molecular weight is 431 g/mol. The summed E-state index contributed by atoms with van der Waals surface area (Å²) in [6.07, 6.45) is 7.44. The highest BCUT2D eigenvalue weighted by molar-refractivity contribution is 5.96. The molecule has 2 heterocycles. The van der Waals surface area contributed by atoms with Crippen LogP contribution in [0.15, 0.2) is 54.9 Å². The number of carbonyl (C=O) groups excluding carboxylic acids is 2. The molecule has 1 atom stereocenters. The van der Waals surface area contributed by atoms with E-state index >= 15 is 0 Å². The van der Waals surface area contributed by atoms with Gasteiger partial charge in [0.25, 0.3) is 11.8 Å². The molecule has 5 rings (SSSR count). The van der Waals surface area contributed by atoms with Crippen molar-refractivity contribution in [2.24, 2.45) is 0 Å². The van der Waals surface area contributed by atoms with E-state index in [9.17, 15) is 9.59 Å². The molecule has 7 nitrogen and oxygen atoms in total. The summed E-state index contributed by atoms with van der Waals surface area (Å²) in [5.74, 6) is 0.564. The Morgan fingerprint density at radius 3 is 2.75 bits per heavy atom. The highest BCUT2D eigenvalue weighted by Gasteiger charge is 2.32. The molecule has 1 saturated heterocycles. The van der Waals surface area contributed by atoms with E-state index in [-0.39, 0.29) is 17.9 Å². The van der Waals surface area contributed by atoms with Gasteiger partial charge in [-0.3, -0.25) is 14.7 Å². The second kappa shape index (κ2) is 8.49. The Bertz CT molecular complexity index is 1140. The first kappa shape index (κ1) is 20.3. The molecule has 1 aliphatic heterocycles. The number of likely N-dealkylation sites (tertiary alicyclic amines) is 1. The molecule has 32 heavy (non-hydrogen) atoms. The van der Waals surface area contributed by atoms with Crippen LogP contribution in [0.1, 0.15) is 58.0 Å². The van der Waals surface area contributed by atoms with Crippen molar-refractivity contribution >= 4 is 11.8 Å². The summed E-state index contributed by atoms with van der Waals surface area (Å²) in [4.78, 5) is 27.8. The topological polar surface area (TPSA) is 87.3 Å². The maximum absolute atomic E-state index is 13.4. The van der Waals surface area contributed by atoms with Crippen LogP contribution in [0.25, 0.3) is 11.1 Å².